The van der Waals surface area contributed by atoms with Crippen LogP contribution in [0.1, 0.15) is 49.8 Å². The number of fused-ring (bicyclic) bond motifs is 3. The van der Waals surface area contributed by atoms with Gasteiger partial charge in [-0.25, -0.2) is 0 Å². The van der Waals surface area contributed by atoms with Crippen LogP contribution in [0.15, 0.2) is 18.2 Å². The second kappa shape index (κ2) is 5.05. The average Bonchev–Trinajstić information content (AvgIpc) is 3.19. The van der Waals surface area contributed by atoms with Crippen molar-refractivity contribution < 1.29 is 9.47 Å². The lowest BCUT2D eigenvalue weighted by atomic mass is 9.93. The molecule has 3 heterocycles. The standard InChI is InChI=1S/C17H23NO2/c1-2-14(18-15-10-13-4-6-17(15)20-13)11-3-5-16-12(9-11)7-8-19-16/h3,5,9,13-15,17-18H,2,4,6-8,10H2,1H3. The highest BCUT2D eigenvalue weighted by molar-refractivity contribution is 5.40. The first kappa shape index (κ1) is 12.7. The fraction of sp³-hybridized carbons (Fsp3) is 0.647. The van der Waals surface area contributed by atoms with Crippen LogP contribution in [0, 0.1) is 0 Å². The quantitative estimate of drug-likeness (QED) is 0.915. The molecule has 4 atom stereocenters. The van der Waals surface area contributed by atoms with Crippen molar-refractivity contribution in [2.24, 2.45) is 0 Å². The Morgan fingerprint density at radius 1 is 1.35 bits per heavy atom. The number of nitrogens with one attached hydrogen (secondary N) is 1. The van der Waals surface area contributed by atoms with E-state index in [4.69, 9.17) is 9.47 Å². The minimum Gasteiger partial charge on any atom is -0.493 e. The molecule has 0 radical (unpaired) electrons. The van der Waals surface area contributed by atoms with Crippen molar-refractivity contribution in [3.05, 3.63) is 29.3 Å². The third-order valence-corrected chi connectivity index (χ3v) is 5.05. The highest BCUT2D eigenvalue weighted by Gasteiger charge is 2.41. The Hall–Kier alpha value is -1.06. The third kappa shape index (κ3) is 2.13. The van der Waals surface area contributed by atoms with Gasteiger partial charge in [-0.3, -0.25) is 0 Å². The Kier molecular flexibility index (Phi) is 3.20. The lowest BCUT2D eigenvalue weighted by molar-refractivity contribution is 0.0959. The van der Waals surface area contributed by atoms with E-state index in [0.29, 0.717) is 24.3 Å². The van der Waals surface area contributed by atoms with E-state index < -0.39 is 0 Å². The highest BCUT2D eigenvalue weighted by Crippen LogP contribution is 2.36. The Labute approximate surface area is 120 Å². The molecule has 0 aliphatic carbocycles. The number of hydrogen-bond donors (Lipinski definition) is 1. The molecular weight excluding hydrogens is 250 g/mol. The van der Waals surface area contributed by atoms with Crippen LogP contribution in [-0.4, -0.2) is 24.9 Å². The molecule has 2 bridgehead atoms. The second-order valence-electron chi connectivity index (χ2n) is 6.31. The van der Waals surface area contributed by atoms with Crippen molar-refractivity contribution in [2.75, 3.05) is 6.61 Å². The van der Waals surface area contributed by atoms with Crippen LogP contribution in [-0.2, 0) is 11.2 Å². The molecule has 3 aliphatic heterocycles. The van der Waals surface area contributed by atoms with Gasteiger partial charge in [-0.1, -0.05) is 19.1 Å². The minimum atomic E-state index is 0.439. The molecule has 1 aromatic carbocycles. The molecule has 4 rings (SSSR count). The fourth-order valence-electron chi connectivity index (χ4n) is 3.94. The summed E-state index contributed by atoms with van der Waals surface area (Å²) in [6.07, 6.45) is 6.82. The highest BCUT2D eigenvalue weighted by atomic mass is 16.5. The number of rotatable bonds is 4. The summed E-state index contributed by atoms with van der Waals surface area (Å²) in [4.78, 5) is 0. The molecule has 0 spiro atoms. The molecule has 4 unspecified atom stereocenters. The van der Waals surface area contributed by atoms with Gasteiger partial charge in [0.25, 0.3) is 0 Å². The van der Waals surface area contributed by atoms with Gasteiger partial charge in [0.15, 0.2) is 0 Å². The zero-order valence-electron chi connectivity index (χ0n) is 12.1. The number of hydrogen-bond acceptors (Lipinski definition) is 3. The molecule has 1 aromatic rings. The maximum absolute atomic E-state index is 5.96. The number of ether oxygens (including phenoxy) is 2. The zero-order chi connectivity index (χ0) is 13.5. The summed E-state index contributed by atoms with van der Waals surface area (Å²) in [6.45, 7) is 3.10. The first-order valence-corrected chi connectivity index (χ1v) is 8.00. The Morgan fingerprint density at radius 3 is 3.05 bits per heavy atom. The van der Waals surface area contributed by atoms with Crippen molar-refractivity contribution >= 4 is 0 Å². The van der Waals surface area contributed by atoms with E-state index in [1.807, 2.05) is 0 Å². The van der Waals surface area contributed by atoms with Gasteiger partial charge in [0.1, 0.15) is 5.75 Å². The van der Waals surface area contributed by atoms with Gasteiger partial charge in [-0.05, 0) is 42.9 Å². The van der Waals surface area contributed by atoms with Crippen LogP contribution in [0.25, 0.3) is 0 Å². The van der Waals surface area contributed by atoms with E-state index in [-0.39, 0.29) is 0 Å². The SMILES string of the molecule is CCC(NC1CC2CCC1O2)c1ccc2c(c1)CCO2. The average molecular weight is 273 g/mol. The van der Waals surface area contributed by atoms with Gasteiger partial charge in [0.2, 0.25) is 0 Å². The third-order valence-electron chi connectivity index (χ3n) is 5.05. The predicted octanol–water partition coefficient (Wildman–Crippen LogP) is 2.98. The minimum absolute atomic E-state index is 0.439. The van der Waals surface area contributed by atoms with Gasteiger partial charge in [-0.15, -0.1) is 0 Å². The molecular formula is C17H23NO2. The first-order chi connectivity index (χ1) is 9.83. The summed E-state index contributed by atoms with van der Waals surface area (Å²) in [5.41, 5.74) is 2.77. The smallest absolute Gasteiger partial charge is 0.122 e. The molecule has 3 nitrogen and oxygen atoms in total. The summed E-state index contributed by atoms with van der Waals surface area (Å²) in [7, 11) is 0. The molecule has 20 heavy (non-hydrogen) atoms. The molecule has 3 aliphatic rings. The van der Waals surface area contributed by atoms with Crippen LogP contribution in [0.2, 0.25) is 0 Å². The van der Waals surface area contributed by atoms with Crippen LogP contribution in [0.5, 0.6) is 5.75 Å². The van der Waals surface area contributed by atoms with Crippen molar-refractivity contribution in [2.45, 2.75) is 63.3 Å². The summed E-state index contributed by atoms with van der Waals surface area (Å²) < 4.78 is 11.6. The van der Waals surface area contributed by atoms with E-state index in [1.54, 1.807) is 0 Å². The largest absolute Gasteiger partial charge is 0.493 e. The predicted molar refractivity (Wildman–Crippen MR) is 78.1 cm³/mol. The molecule has 3 heteroatoms. The van der Waals surface area contributed by atoms with Crippen LogP contribution >= 0.6 is 0 Å². The van der Waals surface area contributed by atoms with E-state index in [1.165, 1.54) is 30.4 Å². The Balaban J connectivity index is 1.50. The normalized spacial score (nSPS) is 32.1. The van der Waals surface area contributed by atoms with Gasteiger partial charge in [-0.2, -0.15) is 0 Å². The van der Waals surface area contributed by atoms with Gasteiger partial charge >= 0.3 is 0 Å². The van der Waals surface area contributed by atoms with Gasteiger partial charge in [0, 0.05) is 18.5 Å². The van der Waals surface area contributed by atoms with Crippen molar-refractivity contribution in [3.63, 3.8) is 0 Å². The Morgan fingerprint density at radius 2 is 2.30 bits per heavy atom. The van der Waals surface area contributed by atoms with Crippen LogP contribution in [0.3, 0.4) is 0 Å². The van der Waals surface area contributed by atoms with Gasteiger partial charge in [0.05, 0.1) is 18.8 Å². The van der Waals surface area contributed by atoms with Crippen molar-refractivity contribution in [1.29, 1.82) is 0 Å². The van der Waals surface area contributed by atoms with Gasteiger partial charge < -0.3 is 14.8 Å². The topological polar surface area (TPSA) is 30.5 Å². The first-order valence-electron chi connectivity index (χ1n) is 8.00. The molecule has 2 fully saturated rings. The zero-order valence-corrected chi connectivity index (χ0v) is 12.1. The van der Waals surface area contributed by atoms with E-state index in [2.05, 4.69) is 30.4 Å². The monoisotopic (exact) mass is 273 g/mol. The molecule has 1 N–H and O–H groups in total. The lowest BCUT2D eigenvalue weighted by Gasteiger charge is -2.26. The lowest BCUT2D eigenvalue weighted by Crippen LogP contribution is -2.39. The Bertz CT molecular complexity index is 502. The van der Waals surface area contributed by atoms with Crippen molar-refractivity contribution in [1.82, 2.24) is 5.32 Å². The maximum Gasteiger partial charge on any atom is 0.122 e. The summed E-state index contributed by atoms with van der Waals surface area (Å²) in [5.74, 6) is 1.08. The van der Waals surface area contributed by atoms with Crippen LogP contribution in [0.4, 0.5) is 0 Å². The molecule has 2 saturated heterocycles. The van der Waals surface area contributed by atoms with Crippen LogP contribution < -0.4 is 10.1 Å². The summed E-state index contributed by atoms with van der Waals surface area (Å²) in [5, 5.41) is 3.84. The van der Waals surface area contributed by atoms with Crippen molar-refractivity contribution in [3.8, 4) is 5.75 Å². The second-order valence-corrected chi connectivity index (χ2v) is 6.31. The molecule has 0 aromatic heterocycles. The fourth-order valence-corrected chi connectivity index (χ4v) is 3.94. The van der Waals surface area contributed by atoms with E-state index in [9.17, 15) is 0 Å². The maximum atomic E-state index is 5.96. The van der Waals surface area contributed by atoms with E-state index >= 15 is 0 Å². The summed E-state index contributed by atoms with van der Waals surface area (Å²) in [6, 6.07) is 7.67. The molecule has 108 valence electrons. The summed E-state index contributed by atoms with van der Waals surface area (Å²) >= 11 is 0. The molecule has 0 amide bonds. The number of benzene rings is 1. The molecule has 0 saturated carbocycles. The van der Waals surface area contributed by atoms with E-state index in [0.717, 1.165) is 25.2 Å².